The minimum Gasteiger partial charge on any atom is -0.507 e. The molecule has 2 amide bonds. The highest BCUT2D eigenvalue weighted by molar-refractivity contribution is 5.97. The summed E-state index contributed by atoms with van der Waals surface area (Å²) in [5.41, 5.74) is 0.937. The van der Waals surface area contributed by atoms with E-state index in [0.717, 1.165) is 0 Å². The van der Waals surface area contributed by atoms with Crippen molar-refractivity contribution in [2.45, 2.75) is 26.4 Å². The number of hydrogen-bond donors (Lipinski definition) is 2. The van der Waals surface area contributed by atoms with Gasteiger partial charge in [0.2, 0.25) is 5.91 Å². The SMILES string of the molecule is CCNC(=O)c1c(O)c2c(n(Cc3cccc(C#N)c3)c1=O)CN(C)C(=O)C2. The summed E-state index contributed by atoms with van der Waals surface area (Å²) in [7, 11) is 1.62. The summed E-state index contributed by atoms with van der Waals surface area (Å²) in [5, 5.41) is 22.2. The number of hydrogen-bond acceptors (Lipinski definition) is 5. The number of carbonyl (C=O) groups excluding carboxylic acids is 2. The minimum atomic E-state index is -0.682. The number of nitrogens with one attached hydrogen (secondary N) is 1. The lowest BCUT2D eigenvalue weighted by Crippen LogP contribution is -2.41. The Morgan fingerprint density at radius 1 is 1.36 bits per heavy atom. The number of aromatic nitrogens is 1. The van der Waals surface area contributed by atoms with E-state index in [2.05, 4.69) is 11.4 Å². The summed E-state index contributed by atoms with van der Waals surface area (Å²) in [6.07, 6.45) is -0.0947. The predicted octanol–water partition coefficient (Wildman–Crippen LogP) is 0.738. The number of amides is 2. The molecule has 2 N–H and O–H groups in total. The van der Waals surface area contributed by atoms with E-state index in [4.69, 9.17) is 5.26 Å². The first-order valence-corrected chi connectivity index (χ1v) is 8.86. The van der Waals surface area contributed by atoms with E-state index in [9.17, 15) is 19.5 Å². The first-order chi connectivity index (χ1) is 13.4. The standard InChI is InChI=1S/C20H20N4O4/c1-3-22-19(27)17-18(26)14-8-16(25)23(2)11-15(14)24(20(17)28)10-13-6-4-5-12(7-13)9-21/h4-7,26H,3,8,10-11H2,1-2H3,(H,22,27). The average Bonchev–Trinajstić information content (AvgIpc) is 2.67. The summed E-state index contributed by atoms with van der Waals surface area (Å²) >= 11 is 0. The van der Waals surface area contributed by atoms with Gasteiger partial charge in [-0.25, -0.2) is 0 Å². The van der Waals surface area contributed by atoms with Gasteiger partial charge < -0.3 is 19.9 Å². The van der Waals surface area contributed by atoms with Gasteiger partial charge in [-0.2, -0.15) is 5.26 Å². The van der Waals surface area contributed by atoms with Crippen LogP contribution in [0.2, 0.25) is 0 Å². The number of rotatable bonds is 4. The van der Waals surface area contributed by atoms with Crippen LogP contribution >= 0.6 is 0 Å². The Labute approximate surface area is 161 Å². The third-order valence-electron chi connectivity index (χ3n) is 4.76. The molecule has 2 heterocycles. The zero-order valence-corrected chi connectivity index (χ0v) is 15.7. The fourth-order valence-corrected chi connectivity index (χ4v) is 3.32. The molecule has 0 atom stereocenters. The van der Waals surface area contributed by atoms with Crippen LogP contribution in [0.1, 0.15) is 39.7 Å². The molecule has 0 aliphatic carbocycles. The Morgan fingerprint density at radius 2 is 2.11 bits per heavy atom. The molecule has 0 unspecified atom stereocenters. The zero-order chi connectivity index (χ0) is 20.4. The molecule has 28 heavy (non-hydrogen) atoms. The molecule has 0 spiro atoms. The third-order valence-corrected chi connectivity index (χ3v) is 4.76. The molecule has 8 nitrogen and oxygen atoms in total. The average molecular weight is 380 g/mol. The Balaban J connectivity index is 2.22. The van der Waals surface area contributed by atoms with Crippen molar-refractivity contribution in [3.8, 4) is 11.8 Å². The van der Waals surface area contributed by atoms with Gasteiger partial charge in [0, 0.05) is 24.8 Å². The van der Waals surface area contributed by atoms with E-state index in [-0.39, 0.29) is 31.0 Å². The van der Waals surface area contributed by atoms with Crippen LogP contribution in [0, 0.1) is 11.3 Å². The third kappa shape index (κ3) is 3.34. The molecule has 144 valence electrons. The molecule has 8 heteroatoms. The highest BCUT2D eigenvalue weighted by Gasteiger charge is 2.31. The lowest BCUT2D eigenvalue weighted by atomic mass is 9.99. The second-order valence-corrected chi connectivity index (χ2v) is 6.64. The second kappa shape index (κ2) is 7.56. The molecule has 1 aliphatic heterocycles. The maximum Gasteiger partial charge on any atom is 0.267 e. The molecular weight excluding hydrogens is 360 g/mol. The Kier molecular flexibility index (Phi) is 5.18. The smallest absolute Gasteiger partial charge is 0.267 e. The van der Waals surface area contributed by atoms with Crippen molar-refractivity contribution in [1.82, 2.24) is 14.8 Å². The van der Waals surface area contributed by atoms with Gasteiger partial charge in [-0.05, 0) is 24.6 Å². The van der Waals surface area contributed by atoms with Gasteiger partial charge in [0.15, 0.2) is 0 Å². The molecule has 0 saturated heterocycles. The van der Waals surface area contributed by atoms with E-state index < -0.39 is 17.2 Å². The van der Waals surface area contributed by atoms with Crippen molar-refractivity contribution in [3.05, 3.63) is 62.6 Å². The van der Waals surface area contributed by atoms with Gasteiger partial charge in [-0.15, -0.1) is 0 Å². The van der Waals surface area contributed by atoms with Crippen LogP contribution < -0.4 is 10.9 Å². The number of aromatic hydroxyl groups is 1. The van der Waals surface area contributed by atoms with Crippen LogP contribution in [-0.4, -0.2) is 40.0 Å². The zero-order valence-electron chi connectivity index (χ0n) is 15.7. The lowest BCUT2D eigenvalue weighted by Gasteiger charge is -2.29. The van der Waals surface area contributed by atoms with Crippen LogP contribution in [0.5, 0.6) is 5.75 Å². The van der Waals surface area contributed by atoms with Crippen LogP contribution in [0.3, 0.4) is 0 Å². The van der Waals surface area contributed by atoms with Crippen molar-refractivity contribution in [1.29, 1.82) is 5.26 Å². The quantitative estimate of drug-likeness (QED) is 0.812. The van der Waals surface area contributed by atoms with Gasteiger partial charge in [-0.1, -0.05) is 12.1 Å². The largest absolute Gasteiger partial charge is 0.507 e. The van der Waals surface area contributed by atoms with Gasteiger partial charge in [0.05, 0.1) is 31.1 Å². The van der Waals surface area contributed by atoms with Gasteiger partial charge >= 0.3 is 0 Å². The number of nitrogens with zero attached hydrogens (tertiary/aromatic N) is 3. The number of benzene rings is 1. The number of fused-ring (bicyclic) bond motifs is 1. The number of likely N-dealkylation sites (N-methyl/N-ethyl adjacent to an activating group) is 1. The van der Waals surface area contributed by atoms with Crippen molar-refractivity contribution in [2.24, 2.45) is 0 Å². The van der Waals surface area contributed by atoms with E-state index in [1.54, 1.807) is 38.2 Å². The fraction of sp³-hybridized carbons (Fsp3) is 0.300. The molecule has 1 aromatic heterocycles. The van der Waals surface area contributed by atoms with E-state index in [1.807, 2.05) is 0 Å². The van der Waals surface area contributed by atoms with Crippen molar-refractivity contribution in [3.63, 3.8) is 0 Å². The van der Waals surface area contributed by atoms with Crippen LogP contribution in [0.25, 0.3) is 0 Å². The first kappa shape index (κ1) is 19.2. The molecule has 0 fully saturated rings. The normalized spacial score (nSPS) is 13.0. The van der Waals surface area contributed by atoms with Gasteiger partial charge in [0.1, 0.15) is 11.3 Å². The maximum atomic E-state index is 13.1. The molecule has 1 aliphatic rings. The summed E-state index contributed by atoms with van der Waals surface area (Å²) < 4.78 is 1.40. The van der Waals surface area contributed by atoms with E-state index in [0.29, 0.717) is 28.9 Å². The molecule has 0 bridgehead atoms. The monoisotopic (exact) mass is 380 g/mol. The van der Waals surface area contributed by atoms with Gasteiger partial charge in [0.25, 0.3) is 11.5 Å². The van der Waals surface area contributed by atoms with Crippen molar-refractivity contribution >= 4 is 11.8 Å². The molecule has 3 rings (SSSR count). The summed E-state index contributed by atoms with van der Waals surface area (Å²) in [6, 6.07) is 8.86. The van der Waals surface area contributed by atoms with Crippen LogP contribution in [-0.2, 0) is 24.3 Å². The highest BCUT2D eigenvalue weighted by Crippen LogP contribution is 2.29. The van der Waals surface area contributed by atoms with Crippen molar-refractivity contribution in [2.75, 3.05) is 13.6 Å². The molecule has 0 radical (unpaired) electrons. The summed E-state index contributed by atoms with van der Waals surface area (Å²) in [6.45, 7) is 2.26. The molecular formula is C20H20N4O4. The molecule has 1 aromatic carbocycles. The highest BCUT2D eigenvalue weighted by atomic mass is 16.3. The Hall–Kier alpha value is -3.60. The number of carbonyl (C=O) groups is 2. The molecule has 0 saturated carbocycles. The maximum absolute atomic E-state index is 13.1. The van der Waals surface area contributed by atoms with Gasteiger partial charge in [-0.3, -0.25) is 14.4 Å². The summed E-state index contributed by atoms with van der Waals surface area (Å²) in [4.78, 5) is 39.1. The van der Waals surface area contributed by atoms with Crippen LogP contribution in [0.4, 0.5) is 0 Å². The summed E-state index contributed by atoms with van der Waals surface area (Å²) in [5.74, 6) is -1.32. The van der Waals surface area contributed by atoms with Crippen LogP contribution in [0.15, 0.2) is 29.1 Å². The van der Waals surface area contributed by atoms with E-state index >= 15 is 0 Å². The lowest BCUT2D eigenvalue weighted by molar-refractivity contribution is -0.130. The topological polar surface area (TPSA) is 115 Å². The number of nitriles is 1. The molecule has 2 aromatic rings. The predicted molar refractivity (Wildman–Crippen MR) is 101 cm³/mol. The Bertz CT molecular complexity index is 1070. The van der Waals surface area contributed by atoms with E-state index in [1.165, 1.54) is 9.47 Å². The van der Waals surface area contributed by atoms with Crippen molar-refractivity contribution < 1.29 is 14.7 Å². The number of pyridine rings is 1. The Morgan fingerprint density at radius 3 is 2.79 bits per heavy atom. The second-order valence-electron chi connectivity index (χ2n) is 6.64. The first-order valence-electron chi connectivity index (χ1n) is 8.86. The minimum absolute atomic E-state index is 0.0947. The fourth-order valence-electron chi connectivity index (χ4n) is 3.32.